The highest BCUT2D eigenvalue weighted by atomic mass is 32.2. The van der Waals surface area contributed by atoms with Gasteiger partial charge in [0.25, 0.3) is 0 Å². The van der Waals surface area contributed by atoms with Crippen molar-refractivity contribution in [1.29, 1.82) is 0 Å². The van der Waals surface area contributed by atoms with Crippen LogP contribution in [0.15, 0.2) is 24.3 Å². The number of hydrogen-bond acceptors (Lipinski definition) is 3. The van der Waals surface area contributed by atoms with Gasteiger partial charge >= 0.3 is 0 Å². The molecule has 1 aromatic carbocycles. The van der Waals surface area contributed by atoms with Crippen molar-refractivity contribution < 1.29 is 13.2 Å². The van der Waals surface area contributed by atoms with Crippen LogP contribution >= 0.6 is 0 Å². The molecule has 1 unspecified atom stereocenters. The summed E-state index contributed by atoms with van der Waals surface area (Å²) in [4.78, 5) is 14.8. The van der Waals surface area contributed by atoms with Crippen molar-refractivity contribution >= 4 is 15.9 Å². The Bertz CT molecular complexity index is 694. The van der Waals surface area contributed by atoms with E-state index in [-0.39, 0.29) is 11.8 Å². The highest BCUT2D eigenvalue weighted by Gasteiger charge is 2.33. The monoisotopic (exact) mass is 336 g/mol. The molecule has 0 spiro atoms. The van der Waals surface area contributed by atoms with E-state index in [1.165, 1.54) is 21.7 Å². The molecule has 23 heavy (non-hydrogen) atoms. The fraction of sp³-hybridized carbons (Fsp3) is 0.588. The number of sulfonamides is 1. The molecule has 1 fully saturated rings. The molecule has 2 aliphatic rings. The van der Waals surface area contributed by atoms with Gasteiger partial charge in [0, 0.05) is 32.1 Å². The maximum absolute atomic E-state index is 12.8. The molecular formula is C17H24N2O3S. The molecule has 1 aromatic rings. The number of carbonyl (C=O) groups excluding carboxylic acids is 1. The Morgan fingerprint density at radius 3 is 2.48 bits per heavy atom. The predicted molar refractivity (Wildman–Crippen MR) is 89.4 cm³/mol. The molecule has 0 aliphatic carbocycles. The molecule has 5 nitrogen and oxygen atoms in total. The lowest BCUT2D eigenvalue weighted by Crippen LogP contribution is -2.45. The highest BCUT2D eigenvalue weighted by molar-refractivity contribution is 7.88. The molecule has 0 N–H and O–H groups in total. The second-order valence-electron chi connectivity index (χ2n) is 6.75. The van der Waals surface area contributed by atoms with Gasteiger partial charge in [0.2, 0.25) is 15.9 Å². The number of carbonyl (C=O) groups is 1. The molecule has 0 saturated carbocycles. The number of fused-ring (bicyclic) bond motifs is 1. The van der Waals surface area contributed by atoms with Crippen LogP contribution in [0.25, 0.3) is 0 Å². The molecule has 3 rings (SSSR count). The van der Waals surface area contributed by atoms with Crippen molar-refractivity contribution in [2.75, 3.05) is 25.9 Å². The minimum absolute atomic E-state index is 0.0505. The Hall–Kier alpha value is -1.40. The summed E-state index contributed by atoms with van der Waals surface area (Å²) < 4.78 is 24.6. The van der Waals surface area contributed by atoms with Gasteiger partial charge in [-0.1, -0.05) is 31.2 Å². The van der Waals surface area contributed by atoms with Crippen LogP contribution in [0.2, 0.25) is 0 Å². The van der Waals surface area contributed by atoms with Gasteiger partial charge in [-0.2, -0.15) is 0 Å². The zero-order valence-electron chi connectivity index (χ0n) is 13.7. The van der Waals surface area contributed by atoms with E-state index in [0.29, 0.717) is 38.4 Å². The van der Waals surface area contributed by atoms with Gasteiger partial charge in [-0.05, 0) is 29.9 Å². The molecule has 6 heteroatoms. The summed E-state index contributed by atoms with van der Waals surface area (Å²) in [5.74, 6) is 0.477. The van der Waals surface area contributed by atoms with Crippen molar-refractivity contribution in [2.24, 2.45) is 5.92 Å². The van der Waals surface area contributed by atoms with Crippen LogP contribution in [0.1, 0.15) is 36.8 Å². The minimum Gasteiger partial charge on any atom is -0.338 e. The number of benzene rings is 1. The summed E-state index contributed by atoms with van der Waals surface area (Å²) in [6.07, 6.45) is 2.48. The first-order valence-electron chi connectivity index (χ1n) is 8.18. The summed E-state index contributed by atoms with van der Waals surface area (Å²) in [5, 5.41) is 0. The van der Waals surface area contributed by atoms with E-state index in [9.17, 15) is 13.2 Å². The third-order valence-electron chi connectivity index (χ3n) is 5.03. The van der Waals surface area contributed by atoms with Crippen LogP contribution in [-0.4, -0.2) is 49.4 Å². The van der Waals surface area contributed by atoms with Gasteiger partial charge in [-0.25, -0.2) is 12.7 Å². The first kappa shape index (κ1) is 16.5. The number of rotatable bonds is 2. The molecule has 1 atom stereocenters. The smallest absolute Gasteiger partial charge is 0.226 e. The molecule has 1 saturated heterocycles. The first-order chi connectivity index (χ1) is 10.9. The lowest BCUT2D eigenvalue weighted by molar-refractivity contribution is -0.138. The second-order valence-corrected chi connectivity index (χ2v) is 8.74. The molecule has 0 radical (unpaired) electrons. The number of hydrogen-bond donors (Lipinski definition) is 0. The highest BCUT2D eigenvalue weighted by Crippen LogP contribution is 2.30. The number of nitrogens with zero attached hydrogens (tertiary/aromatic N) is 2. The molecular weight excluding hydrogens is 312 g/mol. The summed E-state index contributed by atoms with van der Waals surface area (Å²) in [5.41, 5.74) is 2.57. The topological polar surface area (TPSA) is 57.7 Å². The van der Waals surface area contributed by atoms with Gasteiger partial charge in [0.1, 0.15) is 0 Å². The summed E-state index contributed by atoms with van der Waals surface area (Å²) in [6.45, 7) is 4.49. The second kappa shape index (κ2) is 6.24. The van der Waals surface area contributed by atoms with E-state index in [1.54, 1.807) is 0 Å². The van der Waals surface area contributed by atoms with Gasteiger partial charge < -0.3 is 4.90 Å². The quantitative estimate of drug-likeness (QED) is 0.827. The van der Waals surface area contributed by atoms with Gasteiger partial charge in [0.05, 0.1) is 6.26 Å². The van der Waals surface area contributed by atoms with E-state index >= 15 is 0 Å². The molecule has 1 amide bonds. The van der Waals surface area contributed by atoms with Crippen molar-refractivity contribution in [2.45, 2.75) is 32.2 Å². The van der Waals surface area contributed by atoms with Crippen molar-refractivity contribution in [3.63, 3.8) is 0 Å². The Morgan fingerprint density at radius 2 is 1.83 bits per heavy atom. The zero-order chi connectivity index (χ0) is 16.6. The summed E-state index contributed by atoms with van der Waals surface area (Å²) in [7, 11) is -3.14. The SMILES string of the molecule is CC1CN(C(=O)C2CCN(S(C)(=O)=O)CC2)Cc2ccccc21. The van der Waals surface area contributed by atoms with E-state index in [1.807, 2.05) is 17.0 Å². The van der Waals surface area contributed by atoms with Gasteiger partial charge in [-0.3, -0.25) is 4.79 Å². The van der Waals surface area contributed by atoms with Crippen LogP contribution in [0.4, 0.5) is 0 Å². The third kappa shape index (κ3) is 3.43. The summed E-state index contributed by atoms with van der Waals surface area (Å²) >= 11 is 0. The fourth-order valence-electron chi connectivity index (χ4n) is 3.72. The molecule has 126 valence electrons. The van der Waals surface area contributed by atoms with Crippen LogP contribution in [-0.2, 0) is 21.4 Å². The minimum atomic E-state index is -3.14. The predicted octanol–water partition coefficient (Wildman–Crippen LogP) is 1.80. The maximum Gasteiger partial charge on any atom is 0.226 e. The molecule has 0 bridgehead atoms. The number of amides is 1. The van der Waals surface area contributed by atoms with E-state index in [0.717, 1.165) is 6.54 Å². The van der Waals surface area contributed by atoms with E-state index in [2.05, 4.69) is 19.1 Å². The lowest BCUT2D eigenvalue weighted by Gasteiger charge is -2.37. The normalized spacial score (nSPS) is 23.6. The van der Waals surface area contributed by atoms with Gasteiger partial charge in [0.15, 0.2) is 0 Å². The van der Waals surface area contributed by atoms with Crippen LogP contribution < -0.4 is 0 Å². The lowest BCUT2D eigenvalue weighted by atomic mass is 9.89. The Labute approximate surface area is 138 Å². The Morgan fingerprint density at radius 1 is 1.17 bits per heavy atom. The first-order valence-corrected chi connectivity index (χ1v) is 10.0. The van der Waals surface area contributed by atoms with Crippen molar-refractivity contribution in [3.8, 4) is 0 Å². The maximum atomic E-state index is 12.8. The van der Waals surface area contributed by atoms with E-state index < -0.39 is 10.0 Å². The van der Waals surface area contributed by atoms with Crippen LogP contribution in [0.3, 0.4) is 0 Å². The third-order valence-corrected chi connectivity index (χ3v) is 6.33. The molecule has 2 heterocycles. The summed E-state index contributed by atoms with van der Waals surface area (Å²) in [6, 6.07) is 8.31. The average molecular weight is 336 g/mol. The molecule has 0 aromatic heterocycles. The standard InChI is InChI=1S/C17H24N2O3S/c1-13-11-18(12-15-5-3-4-6-16(13)15)17(20)14-7-9-19(10-8-14)23(2,21)22/h3-6,13-14H,7-12H2,1-2H3. The zero-order valence-corrected chi connectivity index (χ0v) is 14.6. The van der Waals surface area contributed by atoms with Crippen LogP contribution in [0.5, 0.6) is 0 Å². The number of piperidine rings is 1. The molecule has 2 aliphatic heterocycles. The van der Waals surface area contributed by atoms with Crippen molar-refractivity contribution in [1.82, 2.24) is 9.21 Å². The van der Waals surface area contributed by atoms with Crippen molar-refractivity contribution in [3.05, 3.63) is 35.4 Å². The Balaban J connectivity index is 1.66. The van der Waals surface area contributed by atoms with Gasteiger partial charge in [-0.15, -0.1) is 0 Å². The largest absolute Gasteiger partial charge is 0.338 e. The fourth-order valence-corrected chi connectivity index (χ4v) is 4.59. The Kier molecular flexibility index (Phi) is 4.47. The van der Waals surface area contributed by atoms with Crippen LogP contribution in [0, 0.1) is 5.92 Å². The van der Waals surface area contributed by atoms with E-state index in [4.69, 9.17) is 0 Å². The average Bonchev–Trinajstić information content (AvgIpc) is 2.53.